The van der Waals surface area contributed by atoms with E-state index in [1.54, 1.807) is 18.0 Å². The summed E-state index contributed by atoms with van der Waals surface area (Å²) in [6, 6.07) is 0. The smallest absolute Gasteiger partial charge is 0.236 e. The summed E-state index contributed by atoms with van der Waals surface area (Å²) in [6.45, 7) is 5.87. The summed E-state index contributed by atoms with van der Waals surface area (Å²) in [4.78, 5) is 24.6. The van der Waals surface area contributed by atoms with Crippen molar-refractivity contribution in [1.82, 2.24) is 4.90 Å². The minimum Gasteiger partial charge on any atom is -0.355 e. The number of hydrogen-bond acceptors (Lipinski definition) is 3. The Bertz CT molecular complexity index is 357. The number of hydrogen-bond donors (Lipinski definition) is 0. The van der Waals surface area contributed by atoms with E-state index in [0.717, 1.165) is 6.42 Å². The maximum Gasteiger partial charge on any atom is 0.236 e. The van der Waals surface area contributed by atoms with Gasteiger partial charge >= 0.3 is 0 Å². The monoisotopic (exact) mass is 274 g/mol. The van der Waals surface area contributed by atoms with E-state index in [-0.39, 0.29) is 49.0 Å². The summed E-state index contributed by atoms with van der Waals surface area (Å²) in [5.41, 5.74) is 0.635. The van der Waals surface area contributed by atoms with Crippen molar-refractivity contribution < 1.29 is 32.9 Å². The third kappa shape index (κ3) is 2.81. The molecule has 17 heavy (non-hydrogen) atoms. The van der Waals surface area contributed by atoms with Crippen LogP contribution in [0.4, 0.5) is 0 Å². The van der Waals surface area contributed by atoms with Crippen LogP contribution in [0.1, 0.15) is 33.6 Å². The zero-order chi connectivity index (χ0) is 11.9. The normalized spacial score (nSPS) is 33.5. The zero-order valence-corrected chi connectivity index (χ0v) is 11.7. The molecule has 0 aromatic heterocycles. The van der Waals surface area contributed by atoms with E-state index in [1.807, 2.05) is 6.92 Å². The van der Waals surface area contributed by atoms with Crippen molar-refractivity contribution in [2.45, 2.75) is 45.9 Å². The number of carbonyl (C=O) groups excluding carboxylic acids is 2. The van der Waals surface area contributed by atoms with Crippen molar-refractivity contribution >= 4 is 11.7 Å². The van der Waals surface area contributed by atoms with Crippen molar-refractivity contribution in [3.05, 3.63) is 11.8 Å². The Balaban J connectivity index is 0.00000144. The van der Waals surface area contributed by atoms with Gasteiger partial charge in [-0.2, -0.15) is 0 Å². The molecule has 2 rings (SSSR count). The molecule has 1 radical (unpaired) electrons. The summed E-state index contributed by atoms with van der Waals surface area (Å²) in [7, 11) is 0. The Morgan fingerprint density at radius 2 is 2.00 bits per heavy atom. The van der Waals surface area contributed by atoms with E-state index in [0.29, 0.717) is 11.5 Å². The molecule has 2 heterocycles. The second kappa shape index (κ2) is 5.38. The largest absolute Gasteiger partial charge is 0.355 e. The quantitative estimate of drug-likeness (QED) is 0.680. The van der Waals surface area contributed by atoms with Crippen LogP contribution in [0, 0.1) is 5.92 Å². The van der Waals surface area contributed by atoms with E-state index < -0.39 is 0 Å². The average molecular weight is 274 g/mol. The second-order valence-corrected chi connectivity index (χ2v) is 4.72. The predicted molar refractivity (Wildman–Crippen MR) is 58.3 cm³/mol. The number of amides is 1. The van der Waals surface area contributed by atoms with Gasteiger partial charge in [-0.05, 0) is 26.2 Å². The van der Waals surface area contributed by atoms with Crippen LogP contribution >= 0.6 is 0 Å². The summed E-state index contributed by atoms with van der Waals surface area (Å²) < 4.78 is 5.72. The average Bonchev–Trinajstić information content (AvgIpc) is 2.53. The molecule has 0 spiro atoms. The number of ether oxygens (including phenoxy) is 1. The molecule has 2 aliphatic rings. The van der Waals surface area contributed by atoms with Gasteiger partial charge in [-0.15, -0.1) is 0 Å². The molecular formula is C12H17NO3V. The Morgan fingerprint density at radius 1 is 1.35 bits per heavy atom. The van der Waals surface area contributed by atoms with Crippen LogP contribution in [0.2, 0.25) is 0 Å². The van der Waals surface area contributed by atoms with Gasteiger partial charge in [0.25, 0.3) is 0 Å². The van der Waals surface area contributed by atoms with Gasteiger partial charge in [0.1, 0.15) is 6.23 Å². The van der Waals surface area contributed by atoms with Crippen LogP contribution in [0.25, 0.3) is 0 Å². The van der Waals surface area contributed by atoms with Gasteiger partial charge in [0.15, 0.2) is 5.78 Å². The molecule has 1 saturated heterocycles. The number of carbonyl (C=O) groups is 2. The maximum absolute atomic E-state index is 11.7. The van der Waals surface area contributed by atoms with Crippen LogP contribution in [-0.2, 0) is 32.9 Å². The third-order valence-electron chi connectivity index (χ3n) is 3.43. The third-order valence-corrected chi connectivity index (χ3v) is 3.43. The predicted octanol–water partition coefficient (Wildman–Crippen LogP) is 1.46. The first-order valence-corrected chi connectivity index (χ1v) is 5.67. The van der Waals surface area contributed by atoms with E-state index in [1.165, 1.54) is 0 Å². The maximum atomic E-state index is 11.7. The van der Waals surface area contributed by atoms with Crippen molar-refractivity contribution in [2.75, 3.05) is 0 Å². The van der Waals surface area contributed by atoms with Gasteiger partial charge in [-0.1, -0.05) is 6.92 Å². The number of allylic oxidation sites excluding steroid dienone is 1. The Labute approximate surface area is 113 Å². The molecule has 0 aromatic carbocycles. The molecule has 5 heteroatoms. The molecule has 93 valence electrons. The van der Waals surface area contributed by atoms with Gasteiger partial charge < -0.3 is 4.74 Å². The molecule has 4 nitrogen and oxygen atoms in total. The fourth-order valence-electron chi connectivity index (χ4n) is 2.09. The summed E-state index contributed by atoms with van der Waals surface area (Å²) in [6.07, 6.45) is 2.42. The van der Waals surface area contributed by atoms with Crippen molar-refractivity contribution in [2.24, 2.45) is 5.92 Å². The van der Waals surface area contributed by atoms with Crippen molar-refractivity contribution in [3.63, 3.8) is 0 Å². The first kappa shape index (κ1) is 14.5. The zero-order valence-electron chi connectivity index (χ0n) is 10.3. The second-order valence-electron chi connectivity index (χ2n) is 4.72. The van der Waals surface area contributed by atoms with Crippen molar-refractivity contribution in [3.8, 4) is 0 Å². The molecule has 2 aliphatic heterocycles. The van der Waals surface area contributed by atoms with Crippen LogP contribution in [0.5, 0.6) is 0 Å². The first-order valence-electron chi connectivity index (χ1n) is 5.67. The summed E-state index contributed by atoms with van der Waals surface area (Å²) >= 11 is 0. The topological polar surface area (TPSA) is 46.6 Å². The van der Waals surface area contributed by atoms with Gasteiger partial charge in [0, 0.05) is 30.3 Å². The van der Waals surface area contributed by atoms with Crippen LogP contribution < -0.4 is 0 Å². The van der Waals surface area contributed by atoms with Crippen molar-refractivity contribution in [1.29, 1.82) is 0 Å². The number of rotatable bonds is 1. The van der Waals surface area contributed by atoms with Gasteiger partial charge in [0.05, 0.1) is 12.5 Å². The van der Waals surface area contributed by atoms with Crippen LogP contribution in [-0.4, -0.2) is 28.9 Å². The van der Waals surface area contributed by atoms with E-state index in [4.69, 9.17) is 4.74 Å². The molecule has 0 aromatic rings. The van der Waals surface area contributed by atoms with E-state index in [2.05, 4.69) is 6.92 Å². The Hall–Kier alpha value is -0.576. The minimum atomic E-state index is -0.194. The summed E-state index contributed by atoms with van der Waals surface area (Å²) in [5, 5.41) is 0. The molecular weight excluding hydrogens is 257 g/mol. The Morgan fingerprint density at radius 3 is 2.53 bits per heavy atom. The number of nitrogens with zero attached hydrogens (tertiary/aromatic N) is 1. The van der Waals surface area contributed by atoms with Crippen LogP contribution in [0.15, 0.2) is 11.8 Å². The molecule has 1 fully saturated rings. The first-order chi connectivity index (χ1) is 7.49. The number of Topliss-reactive ketones (excluding diaryl/α,β-unsaturated/α-hetero) is 1. The molecule has 3 unspecified atom stereocenters. The molecule has 1 amide bonds. The number of ketones is 1. The van der Waals surface area contributed by atoms with Crippen LogP contribution in [0.3, 0.4) is 0 Å². The van der Waals surface area contributed by atoms with E-state index >= 15 is 0 Å². The summed E-state index contributed by atoms with van der Waals surface area (Å²) in [5.74, 6) is 0.214. The molecule has 0 aliphatic carbocycles. The van der Waals surface area contributed by atoms with E-state index in [9.17, 15) is 9.59 Å². The Kier molecular flexibility index (Phi) is 4.58. The molecule has 0 N–H and O–H groups in total. The van der Waals surface area contributed by atoms with Gasteiger partial charge in [-0.25, -0.2) is 0 Å². The fourth-order valence-corrected chi connectivity index (χ4v) is 2.09. The van der Waals surface area contributed by atoms with Gasteiger partial charge in [-0.3, -0.25) is 14.5 Å². The van der Waals surface area contributed by atoms with Gasteiger partial charge in [0.2, 0.25) is 5.91 Å². The molecule has 3 atom stereocenters. The fraction of sp³-hybridized carbons (Fsp3) is 0.667. The molecule has 0 saturated carbocycles. The SMILES string of the molecule is CC1=CN(C2CC(C)C(C)O2)C(=O)CC1=O.[V]. The molecule has 0 bridgehead atoms. The minimum absolute atomic E-state index is 0. The standard InChI is InChI=1S/C12H17NO3.V/c1-7-4-12(16-9(7)3)13-6-8(2)10(14)5-11(13)15;/h6-7,9,12H,4-5H2,1-3H3;.